The molecule has 0 bridgehead atoms. The molecule has 2 aromatic carbocycles. The molecule has 2 N–H and O–H groups in total. The van der Waals surface area contributed by atoms with Gasteiger partial charge in [-0.2, -0.15) is 0 Å². The third-order valence-electron chi connectivity index (χ3n) is 2.64. The molecule has 0 fully saturated rings. The van der Waals surface area contributed by atoms with Gasteiger partial charge in [-0.1, -0.05) is 67.6 Å². The molecule has 0 aliphatic rings. The minimum Gasteiger partial charge on any atom is -0.499 e. The van der Waals surface area contributed by atoms with Gasteiger partial charge >= 0.3 is 5.97 Å². The lowest BCUT2D eigenvalue weighted by Crippen LogP contribution is -2.00. The molecular formula is C19H22O4S2. The molecule has 0 aliphatic heterocycles. The minimum absolute atomic E-state index is 0.0457. The monoisotopic (exact) mass is 378 g/mol. The number of rotatable bonds is 4. The van der Waals surface area contributed by atoms with Crippen LogP contribution in [0.3, 0.4) is 0 Å². The van der Waals surface area contributed by atoms with E-state index in [4.69, 9.17) is 10.2 Å². The maximum Gasteiger partial charge on any atom is 0.305 e. The molecule has 0 heterocycles. The van der Waals surface area contributed by atoms with Crippen LogP contribution in [0.1, 0.15) is 31.4 Å². The molecule has 0 atom stereocenters. The second kappa shape index (κ2) is 14.1. The molecule has 0 unspecified atom stereocenters. The van der Waals surface area contributed by atoms with E-state index in [1.54, 1.807) is 38.1 Å². The average molecular weight is 379 g/mol. The van der Waals surface area contributed by atoms with Gasteiger partial charge in [-0.05, 0) is 31.4 Å². The summed E-state index contributed by atoms with van der Waals surface area (Å²) < 4.78 is 4.55. The molecule has 0 radical (unpaired) electrons. The van der Waals surface area contributed by atoms with Crippen molar-refractivity contribution >= 4 is 40.5 Å². The van der Waals surface area contributed by atoms with E-state index in [-0.39, 0.29) is 16.1 Å². The average Bonchev–Trinajstić information content (AvgIpc) is 2.64. The first-order valence-electron chi connectivity index (χ1n) is 7.64. The van der Waals surface area contributed by atoms with Gasteiger partial charge in [0.1, 0.15) is 0 Å². The largest absolute Gasteiger partial charge is 0.499 e. The van der Waals surface area contributed by atoms with Crippen molar-refractivity contribution in [2.24, 2.45) is 0 Å². The SMILES string of the molecule is CCOC(=O)CC.OC(=S)c1ccccc1.OC(=S)c1ccccc1. The van der Waals surface area contributed by atoms with E-state index in [9.17, 15) is 4.79 Å². The molecule has 0 saturated carbocycles. The van der Waals surface area contributed by atoms with Crippen LogP contribution >= 0.6 is 24.4 Å². The maximum absolute atomic E-state index is 10.2. The third-order valence-corrected chi connectivity index (χ3v) is 3.11. The first-order chi connectivity index (χ1) is 11.9. The molecule has 4 nitrogen and oxygen atoms in total. The summed E-state index contributed by atoms with van der Waals surface area (Å²) in [5.41, 5.74) is 1.40. The zero-order chi connectivity index (χ0) is 19.1. The van der Waals surface area contributed by atoms with Gasteiger partial charge in [0.05, 0.1) is 6.61 Å². The predicted octanol–water partition coefficient (Wildman–Crippen LogP) is 4.80. The van der Waals surface area contributed by atoms with Crippen LogP contribution in [0.2, 0.25) is 0 Å². The van der Waals surface area contributed by atoms with Crippen molar-refractivity contribution in [2.45, 2.75) is 20.3 Å². The Bertz CT molecular complexity index is 593. The number of aliphatic hydroxyl groups is 2. The number of ether oxygens (including phenoxy) is 1. The topological polar surface area (TPSA) is 66.8 Å². The van der Waals surface area contributed by atoms with Crippen molar-refractivity contribution in [3.05, 3.63) is 71.8 Å². The predicted molar refractivity (Wildman–Crippen MR) is 108 cm³/mol. The number of carbonyl (C=O) groups excluding carboxylic acids is 1. The van der Waals surface area contributed by atoms with E-state index < -0.39 is 0 Å². The third kappa shape index (κ3) is 11.8. The standard InChI is InChI=1S/2C7H6OS.C5H10O2/c2*8-7(9)6-4-2-1-3-5-6;1-3-5(6)7-4-2/h2*1-5H,(H,8,9);3-4H2,1-2H3. The fraction of sp³-hybridized carbons (Fsp3) is 0.211. The molecular weight excluding hydrogens is 356 g/mol. The Morgan fingerprint density at radius 1 is 0.840 bits per heavy atom. The van der Waals surface area contributed by atoms with Crippen LogP contribution in [0, 0.1) is 0 Å². The number of esters is 1. The molecule has 6 heteroatoms. The van der Waals surface area contributed by atoms with Crippen LogP contribution in [0.25, 0.3) is 0 Å². The van der Waals surface area contributed by atoms with Crippen LogP contribution in [-0.4, -0.2) is 32.9 Å². The molecule has 0 saturated heterocycles. The Kier molecular flexibility index (Phi) is 12.8. The summed E-state index contributed by atoms with van der Waals surface area (Å²) in [6, 6.07) is 18.1. The number of carbonyl (C=O) groups is 1. The van der Waals surface area contributed by atoms with Crippen molar-refractivity contribution < 1.29 is 19.7 Å². The van der Waals surface area contributed by atoms with Crippen LogP contribution in [0.4, 0.5) is 0 Å². The van der Waals surface area contributed by atoms with Gasteiger partial charge < -0.3 is 14.9 Å². The van der Waals surface area contributed by atoms with Crippen molar-refractivity contribution in [1.29, 1.82) is 0 Å². The summed E-state index contributed by atoms with van der Waals surface area (Å²) in [6.45, 7) is 4.07. The van der Waals surface area contributed by atoms with Gasteiger partial charge in [0.15, 0.2) is 10.1 Å². The van der Waals surface area contributed by atoms with Crippen LogP contribution in [-0.2, 0) is 9.53 Å². The Morgan fingerprint density at radius 3 is 1.36 bits per heavy atom. The summed E-state index contributed by atoms with van der Waals surface area (Å²) in [6.07, 6.45) is 0.480. The number of aliphatic hydroxyl groups excluding tert-OH is 2. The Labute approximate surface area is 159 Å². The maximum atomic E-state index is 10.2. The van der Waals surface area contributed by atoms with Gasteiger partial charge in [0.2, 0.25) is 0 Å². The van der Waals surface area contributed by atoms with E-state index in [0.29, 0.717) is 24.2 Å². The Balaban J connectivity index is 0.000000350. The quantitative estimate of drug-likeness (QED) is 0.588. The summed E-state index contributed by atoms with van der Waals surface area (Å²) in [5, 5.41) is 17.4. The molecule has 0 spiro atoms. The number of hydrogen-bond acceptors (Lipinski definition) is 4. The van der Waals surface area contributed by atoms with E-state index in [2.05, 4.69) is 29.2 Å². The number of benzene rings is 2. The van der Waals surface area contributed by atoms with Gasteiger partial charge in [0.25, 0.3) is 0 Å². The second-order valence-corrected chi connectivity index (χ2v) is 5.27. The molecule has 134 valence electrons. The Morgan fingerprint density at radius 2 is 1.20 bits per heavy atom. The second-order valence-electron chi connectivity index (χ2n) is 4.50. The lowest BCUT2D eigenvalue weighted by molar-refractivity contribution is -0.142. The zero-order valence-corrected chi connectivity index (χ0v) is 15.8. The highest BCUT2D eigenvalue weighted by Crippen LogP contribution is 1.98. The highest BCUT2D eigenvalue weighted by molar-refractivity contribution is 7.80. The first kappa shape index (κ1) is 22.7. The lowest BCUT2D eigenvalue weighted by atomic mass is 10.2. The van der Waals surface area contributed by atoms with E-state index >= 15 is 0 Å². The zero-order valence-electron chi connectivity index (χ0n) is 14.2. The van der Waals surface area contributed by atoms with Gasteiger partial charge in [-0.15, -0.1) is 0 Å². The molecule has 0 amide bonds. The van der Waals surface area contributed by atoms with Crippen molar-refractivity contribution in [3.8, 4) is 0 Å². The summed E-state index contributed by atoms with van der Waals surface area (Å²) in [5.74, 6) is -0.123. The van der Waals surface area contributed by atoms with Gasteiger partial charge in [-0.3, -0.25) is 4.79 Å². The molecule has 0 aromatic heterocycles. The summed E-state index contributed by atoms with van der Waals surface area (Å²) >= 11 is 9.04. The fourth-order valence-electron chi connectivity index (χ4n) is 1.42. The molecule has 2 aromatic rings. The van der Waals surface area contributed by atoms with Crippen molar-refractivity contribution in [2.75, 3.05) is 6.61 Å². The molecule has 0 aliphatic carbocycles. The van der Waals surface area contributed by atoms with Gasteiger partial charge in [-0.25, -0.2) is 0 Å². The van der Waals surface area contributed by atoms with Crippen LogP contribution in [0.5, 0.6) is 0 Å². The van der Waals surface area contributed by atoms with Crippen molar-refractivity contribution in [3.63, 3.8) is 0 Å². The van der Waals surface area contributed by atoms with E-state index in [0.717, 1.165) is 0 Å². The normalized spacial score (nSPS) is 8.72. The fourth-order valence-corrected chi connectivity index (χ4v) is 1.70. The highest BCUT2D eigenvalue weighted by atomic mass is 32.1. The van der Waals surface area contributed by atoms with Gasteiger partial charge in [0, 0.05) is 17.5 Å². The Hall–Kier alpha value is -2.31. The smallest absolute Gasteiger partial charge is 0.305 e. The lowest BCUT2D eigenvalue weighted by Gasteiger charge is -1.93. The summed E-state index contributed by atoms with van der Waals surface area (Å²) in [4.78, 5) is 10.2. The number of hydrogen-bond donors (Lipinski definition) is 2. The van der Waals surface area contributed by atoms with Crippen LogP contribution < -0.4 is 0 Å². The van der Waals surface area contributed by atoms with Crippen molar-refractivity contribution in [1.82, 2.24) is 0 Å². The highest BCUT2D eigenvalue weighted by Gasteiger charge is 1.92. The first-order valence-corrected chi connectivity index (χ1v) is 8.46. The minimum atomic E-state index is -0.123. The number of thiocarbonyl (C=S) groups is 2. The van der Waals surface area contributed by atoms with E-state index in [1.807, 2.05) is 36.4 Å². The molecule has 2 rings (SSSR count). The summed E-state index contributed by atoms with van der Waals surface area (Å²) in [7, 11) is 0. The van der Waals surface area contributed by atoms with Crippen LogP contribution in [0.15, 0.2) is 60.7 Å². The van der Waals surface area contributed by atoms with E-state index in [1.165, 1.54) is 0 Å². The molecule has 25 heavy (non-hydrogen) atoms.